The first-order valence-electron chi connectivity index (χ1n) is 12.2. The van der Waals surface area contributed by atoms with E-state index in [2.05, 4.69) is 15.9 Å². The number of methoxy groups -OCH3 is 1. The Kier molecular flexibility index (Phi) is 9.40. The summed E-state index contributed by atoms with van der Waals surface area (Å²) in [5, 5.41) is 8.57. The summed E-state index contributed by atoms with van der Waals surface area (Å²) >= 11 is 2.13. The summed E-state index contributed by atoms with van der Waals surface area (Å²) in [4.78, 5) is 51.1. The van der Waals surface area contributed by atoms with Crippen molar-refractivity contribution in [1.82, 2.24) is 5.27 Å². The summed E-state index contributed by atoms with van der Waals surface area (Å²) in [6.07, 6.45) is 0.0165. The normalized spacial score (nSPS) is 10.7. The minimum absolute atomic E-state index is 0.0165. The SMILES string of the molecule is CCOC(=O)c1c(NC(=O)CCSc2c(=O)o[nH][n+]2-c2ccc(OC)cc2)sc(C(=O)Nc2ccccc2)c1C. The van der Waals surface area contributed by atoms with Crippen molar-refractivity contribution in [3.05, 3.63) is 81.0 Å². The molecule has 0 aliphatic rings. The molecule has 2 aromatic carbocycles. The maximum Gasteiger partial charge on any atom is 0.442 e. The highest BCUT2D eigenvalue weighted by molar-refractivity contribution is 7.99. The number of aromatic amines is 1. The molecule has 0 saturated heterocycles. The number of carbonyl (C=O) groups is 3. The number of rotatable bonds is 11. The summed E-state index contributed by atoms with van der Waals surface area (Å²) in [5.41, 5.74) is 1.21. The Labute approximate surface area is 237 Å². The first-order valence-corrected chi connectivity index (χ1v) is 14.0. The lowest BCUT2D eigenvalue weighted by molar-refractivity contribution is -0.704. The van der Waals surface area contributed by atoms with E-state index in [-0.39, 0.29) is 39.2 Å². The number of hydrogen-bond donors (Lipinski definition) is 3. The van der Waals surface area contributed by atoms with Crippen LogP contribution in [0.4, 0.5) is 10.7 Å². The fourth-order valence-corrected chi connectivity index (χ4v) is 5.71. The largest absolute Gasteiger partial charge is 0.497 e. The lowest BCUT2D eigenvalue weighted by Crippen LogP contribution is -2.36. The number of benzene rings is 2. The van der Waals surface area contributed by atoms with Crippen LogP contribution in [-0.4, -0.2) is 42.5 Å². The van der Waals surface area contributed by atoms with Crippen LogP contribution in [0.1, 0.15) is 38.9 Å². The molecule has 2 heterocycles. The third kappa shape index (κ3) is 6.61. The number of nitrogens with zero attached hydrogens (tertiary/aromatic N) is 1. The average Bonchev–Trinajstić information content (AvgIpc) is 3.48. The number of carbonyl (C=O) groups excluding carboxylic acids is 3. The van der Waals surface area contributed by atoms with E-state index in [0.717, 1.165) is 23.1 Å². The van der Waals surface area contributed by atoms with Crippen LogP contribution in [-0.2, 0) is 9.53 Å². The zero-order valence-electron chi connectivity index (χ0n) is 21.9. The van der Waals surface area contributed by atoms with Gasteiger partial charge in [0.1, 0.15) is 10.8 Å². The molecule has 0 fully saturated rings. The fourth-order valence-electron chi connectivity index (χ4n) is 3.69. The number of thiophene rings is 1. The Hall–Kier alpha value is -4.36. The van der Waals surface area contributed by atoms with Gasteiger partial charge in [-0.25, -0.2) is 9.59 Å². The lowest BCUT2D eigenvalue weighted by atomic mass is 10.1. The van der Waals surface area contributed by atoms with Crippen molar-refractivity contribution < 1.29 is 33.1 Å². The van der Waals surface area contributed by atoms with Crippen LogP contribution < -0.4 is 25.7 Å². The fraction of sp³-hybridized carbons (Fsp3) is 0.222. The number of aromatic nitrogens is 2. The molecule has 2 aromatic heterocycles. The Bertz CT molecular complexity index is 1560. The van der Waals surface area contributed by atoms with Crippen LogP contribution in [0.2, 0.25) is 0 Å². The molecule has 40 heavy (non-hydrogen) atoms. The monoisotopic (exact) mass is 583 g/mol. The molecule has 0 unspecified atom stereocenters. The molecule has 0 saturated carbocycles. The van der Waals surface area contributed by atoms with Crippen LogP contribution in [0.15, 0.2) is 68.9 Å². The molecular weight excluding hydrogens is 556 g/mol. The van der Waals surface area contributed by atoms with Gasteiger partial charge in [0.25, 0.3) is 5.91 Å². The predicted octanol–water partition coefficient (Wildman–Crippen LogP) is 4.17. The van der Waals surface area contributed by atoms with Crippen LogP contribution in [0.5, 0.6) is 5.75 Å². The van der Waals surface area contributed by atoms with Crippen molar-refractivity contribution in [2.24, 2.45) is 0 Å². The first kappa shape index (κ1) is 28.6. The van der Waals surface area contributed by atoms with Crippen molar-refractivity contribution in [1.29, 1.82) is 0 Å². The zero-order valence-corrected chi connectivity index (χ0v) is 23.6. The van der Waals surface area contributed by atoms with Gasteiger partial charge in [0.15, 0.2) is 0 Å². The van der Waals surface area contributed by atoms with E-state index in [4.69, 9.17) is 14.0 Å². The number of hydrogen-bond acceptors (Lipinski definition) is 9. The molecular formula is C27H27N4O7S2+. The van der Waals surface area contributed by atoms with E-state index in [9.17, 15) is 19.2 Å². The third-order valence-electron chi connectivity index (χ3n) is 5.62. The predicted molar refractivity (Wildman–Crippen MR) is 151 cm³/mol. The molecule has 0 aliphatic carbocycles. The van der Waals surface area contributed by atoms with E-state index in [1.807, 2.05) is 6.07 Å². The molecule has 0 atom stereocenters. The summed E-state index contributed by atoms with van der Waals surface area (Å²) in [6.45, 7) is 3.45. The molecule has 0 spiro atoms. The Balaban J connectivity index is 1.46. The molecule has 3 N–H and O–H groups in total. The van der Waals surface area contributed by atoms with Gasteiger partial charge in [-0.05, 0) is 65.4 Å². The molecule has 0 aliphatic heterocycles. The van der Waals surface area contributed by atoms with E-state index < -0.39 is 23.4 Å². The minimum atomic E-state index is -0.634. The van der Waals surface area contributed by atoms with Gasteiger partial charge < -0.3 is 20.1 Å². The number of H-pyrrole nitrogens is 1. The van der Waals surface area contributed by atoms with Gasteiger partial charge in [0.2, 0.25) is 11.6 Å². The second-order valence-corrected chi connectivity index (χ2v) is 10.4. The van der Waals surface area contributed by atoms with Gasteiger partial charge >= 0.3 is 16.6 Å². The van der Waals surface area contributed by atoms with Gasteiger partial charge in [-0.1, -0.05) is 18.2 Å². The Morgan fingerprint density at radius 1 is 1.07 bits per heavy atom. The molecule has 0 bridgehead atoms. The van der Waals surface area contributed by atoms with Crippen molar-refractivity contribution in [3.8, 4) is 11.4 Å². The van der Waals surface area contributed by atoms with E-state index in [1.54, 1.807) is 69.5 Å². The summed E-state index contributed by atoms with van der Waals surface area (Å²) in [5.74, 6) is -0.536. The van der Waals surface area contributed by atoms with Crippen molar-refractivity contribution >= 4 is 51.6 Å². The highest BCUT2D eigenvalue weighted by atomic mass is 32.2. The molecule has 4 aromatic rings. The van der Waals surface area contributed by atoms with E-state index >= 15 is 0 Å². The Morgan fingerprint density at radius 2 is 1.80 bits per heavy atom. The third-order valence-corrected chi connectivity index (χ3v) is 7.86. The number of para-hydroxylation sites is 1. The summed E-state index contributed by atoms with van der Waals surface area (Å²) < 4.78 is 16.8. The number of nitrogens with one attached hydrogen (secondary N) is 3. The Morgan fingerprint density at radius 3 is 2.48 bits per heavy atom. The van der Waals surface area contributed by atoms with Crippen LogP contribution >= 0.6 is 23.1 Å². The summed E-state index contributed by atoms with van der Waals surface area (Å²) in [7, 11) is 1.56. The number of esters is 1. The maximum atomic E-state index is 13.0. The molecule has 13 heteroatoms. The quantitative estimate of drug-likeness (QED) is 0.136. The van der Waals surface area contributed by atoms with E-state index in [0.29, 0.717) is 22.7 Å². The molecule has 11 nitrogen and oxygen atoms in total. The minimum Gasteiger partial charge on any atom is -0.497 e. The van der Waals surface area contributed by atoms with Crippen LogP contribution in [0.25, 0.3) is 5.69 Å². The smallest absolute Gasteiger partial charge is 0.442 e. The van der Waals surface area contributed by atoms with Crippen LogP contribution in [0.3, 0.4) is 0 Å². The van der Waals surface area contributed by atoms with Gasteiger partial charge in [0, 0.05) is 30.0 Å². The van der Waals surface area contributed by atoms with Crippen molar-refractivity contribution in [2.75, 3.05) is 30.1 Å². The van der Waals surface area contributed by atoms with Crippen molar-refractivity contribution in [3.63, 3.8) is 0 Å². The maximum absolute atomic E-state index is 13.0. The second kappa shape index (κ2) is 13.1. The van der Waals surface area contributed by atoms with Gasteiger partial charge in [-0.2, -0.15) is 0 Å². The molecule has 208 valence electrons. The lowest BCUT2D eigenvalue weighted by Gasteiger charge is -2.07. The number of ether oxygens (including phenoxy) is 2. The standard InChI is InChI=1S/C27H26N4O7S2/c1-4-37-26(34)21-16(2)22(23(33)28-17-8-6-5-7-9-17)40-24(21)29-20(32)14-15-39-25-27(35)38-30-31(25)18-10-12-19(36-3)13-11-18/h5-13H,4,14-15H2,1-3H3,(H2-,28,29,30,32,33,34,35)/p+1. The highest BCUT2D eigenvalue weighted by Gasteiger charge is 2.28. The average molecular weight is 584 g/mol. The van der Waals surface area contributed by atoms with Crippen LogP contribution in [0, 0.1) is 6.92 Å². The van der Waals surface area contributed by atoms with Gasteiger partial charge in [-0.3, -0.25) is 14.1 Å². The van der Waals surface area contributed by atoms with Crippen molar-refractivity contribution in [2.45, 2.75) is 25.3 Å². The highest BCUT2D eigenvalue weighted by Crippen LogP contribution is 2.34. The topological polar surface area (TPSA) is 144 Å². The number of anilines is 2. The second-order valence-electron chi connectivity index (χ2n) is 8.27. The first-order chi connectivity index (χ1) is 19.3. The zero-order chi connectivity index (χ0) is 28.6. The molecule has 4 rings (SSSR count). The molecule has 2 amide bonds. The van der Waals surface area contributed by atoms with Gasteiger partial charge in [-0.15, -0.1) is 11.3 Å². The molecule has 0 radical (unpaired) electrons. The number of amides is 2. The van der Waals surface area contributed by atoms with E-state index in [1.165, 1.54) is 4.68 Å². The number of thioether (sulfide) groups is 1. The summed E-state index contributed by atoms with van der Waals surface area (Å²) in [6, 6.07) is 15.9. The van der Waals surface area contributed by atoms with Gasteiger partial charge in [0.05, 0.1) is 24.2 Å².